The quantitative estimate of drug-likeness (QED) is 0.499. The third kappa shape index (κ3) is 0.973. The summed E-state index contributed by atoms with van der Waals surface area (Å²) in [5.41, 5.74) is 2.06. The van der Waals surface area contributed by atoms with Gasteiger partial charge in [-0.3, -0.25) is 0 Å². The van der Waals surface area contributed by atoms with E-state index in [1.54, 1.807) is 5.57 Å². The Kier molecular flexibility index (Phi) is 1.32. The molecule has 0 heteroatoms. The largest absolute Gasteiger partial charge is 0.0830 e. The second kappa shape index (κ2) is 2.10. The molecule has 0 bridgehead atoms. The van der Waals surface area contributed by atoms with Crippen molar-refractivity contribution in [2.75, 3.05) is 0 Å². The van der Waals surface area contributed by atoms with Gasteiger partial charge >= 0.3 is 0 Å². The minimum Gasteiger partial charge on any atom is -0.0830 e. The normalized spacial score (nSPS) is 26.9. The Morgan fingerprint density at radius 3 is 2.27 bits per heavy atom. The van der Waals surface area contributed by atoms with Crippen molar-refractivity contribution in [1.82, 2.24) is 0 Å². The van der Waals surface area contributed by atoms with Gasteiger partial charge < -0.3 is 0 Å². The van der Waals surface area contributed by atoms with Crippen LogP contribution in [0.25, 0.3) is 0 Å². The average Bonchev–Trinajstić information content (AvgIpc) is 2.38. The lowest BCUT2D eigenvalue weighted by molar-refractivity contribution is 0.376. The highest BCUT2D eigenvalue weighted by atomic mass is 14.4. The van der Waals surface area contributed by atoms with Crippen LogP contribution >= 0.6 is 0 Å². The maximum absolute atomic E-state index is 2.37. The lowest BCUT2D eigenvalue weighted by Gasteiger charge is -2.38. The van der Waals surface area contributed by atoms with E-state index < -0.39 is 0 Å². The molecule has 0 saturated heterocycles. The summed E-state index contributed by atoms with van der Waals surface area (Å²) in [6, 6.07) is 0. The Morgan fingerprint density at radius 1 is 1.27 bits per heavy atom. The lowest BCUT2D eigenvalue weighted by Crippen LogP contribution is -2.25. The van der Waals surface area contributed by atoms with Crippen molar-refractivity contribution >= 4 is 0 Å². The smallest absolute Gasteiger partial charge is 0.0169 e. The molecule has 0 heterocycles. The first kappa shape index (κ1) is 6.90. The van der Waals surface area contributed by atoms with Crippen LogP contribution in [0.4, 0.5) is 0 Å². The highest BCUT2D eigenvalue weighted by Crippen LogP contribution is 2.45. The maximum Gasteiger partial charge on any atom is 0.0169 e. The highest BCUT2D eigenvalue weighted by Gasteiger charge is 2.33. The minimum absolute atomic E-state index is 0.462. The molecule has 58 valence electrons. The van der Waals surface area contributed by atoms with E-state index in [4.69, 9.17) is 0 Å². The predicted molar refractivity (Wildman–Crippen MR) is 48.3 cm³/mol. The van der Waals surface area contributed by atoms with E-state index in [1.165, 1.54) is 6.42 Å². The first-order valence-electron chi connectivity index (χ1n) is 4.26. The molecule has 11 heavy (non-hydrogen) atoms. The first-order chi connectivity index (χ1) is 5.20. The highest BCUT2D eigenvalue weighted by molar-refractivity contribution is 5.36. The van der Waals surface area contributed by atoms with Gasteiger partial charge in [0.15, 0.2) is 0 Å². The summed E-state index contributed by atoms with van der Waals surface area (Å²) in [6.07, 6.45) is 12.4. The fourth-order valence-electron chi connectivity index (χ4n) is 1.85. The average molecular weight is 146 g/mol. The van der Waals surface area contributed by atoms with Crippen LogP contribution in [0.5, 0.6) is 0 Å². The van der Waals surface area contributed by atoms with Crippen LogP contribution in [-0.4, -0.2) is 0 Å². The summed E-state index contributed by atoms with van der Waals surface area (Å²) in [5.74, 6) is 0.610. The zero-order valence-electron chi connectivity index (χ0n) is 7.17. The minimum atomic E-state index is 0.462. The van der Waals surface area contributed by atoms with E-state index in [9.17, 15) is 0 Å². The molecule has 0 amide bonds. The summed E-state index contributed by atoms with van der Waals surface area (Å²) in [7, 11) is 0. The molecule has 0 N–H and O–H groups in total. The van der Waals surface area contributed by atoms with Gasteiger partial charge in [-0.2, -0.15) is 0 Å². The third-order valence-corrected chi connectivity index (χ3v) is 2.72. The number of rotatable bonds is 1. The fourth-order valence-corrected chi connectivity index (χ4v) is 1.85. The molecule has 0 nitrogen and oxygen atoms in total. The summed E-state index contributed by atoms with van der Waals surface area (Å²) in [4.78, 5) is 0. The maximum atomic E-state index is 2.37. The second-order valence-electron chi connectivity index (χ2n) is 4.04. The molecule has 0 atom stereocenters. The molecule has 2 aliphatic carbocycles. The van der Waals surface area contributed by atoms with E-state index >= 15 is 0 Å². The fraction of sp³-hybridized carbons (Fsp3) is 0.455. The van der Waals surface area contributed by atoms with E-state index in [-0.39, 0.29) is 0 Å². The van der Waals surface area contributed by atoms with Gasteiger partial charge in [0, 0.05) is 5.92 Å². The van der Waals surface area contributed by atoms with Crippen LogP contribution in [0, 0.1) is 11.3 Å². The molecule has 0 spiro atoms. The molecule has 2 rings (SSSR count). The molecule has 0 saturated carbocycles. The van der Waals surface area contributed by atoms with Crippen molar-refractivity contribution in [3.05, 3.63) is 36.0 Å². The van der Waals surface area contributed by atoms with Gasteiger partial charge in [0.25, 0.3) is 0 Å². The van der Waals surface area contributed by atoms with Crippen LogP contribution in [0.2, 0.25) is 0 Å². The van der Waals surface area contributed by atoms with Crippen molar-refractivity contribution < 1.29 is 0 Å². The SMILES string of the molecule is CC1(C)CC=C1C1C=CC=C1. The molecule has 0 aromatic rings. The van der Waals surface area contributed by atoms with Gasteiger partial charge in [-0.1, -0.05) is 49.8 Å². The van der Waals surface area contributed by atoms with Crippen LogP contribution in [0.1, 0.15) is 20.3 Å². The summed E-state index contributed by atoms with van der Waals surface area (Å²) in [6.45, 7) is 4.64. The van der Waals surface area contributed by atoms with Crippen molar-refractivity contribution in [3.8, 4) is 0 Å². The molecule has 0 aromatic heterocycles. The van der Waals surface area contributed by atoms with Gasteiger partial charge in [0.1, 0.15) is 0 Å². The summed E-state index contributed by atoms with van der Waals surface area (Å²) < 4.78 is 0. The van der Waals surface area contributed by atoms with E-state index in [1.807, 2.05) is 0 Å². The van der Waals surface area contributed by atoms with Crippen molar-refractivity contribution in [2.24, 2.45) is 11.3 Å². The molecule has 2 aliphatic rings. The summed E-state index contributed by atoms with van der Waals surface area (Å²) >= 11 is 0. The van der Waals surface area contributed by atoms with Gasteiger partial charge in [0.05, 0.1) is 0 Å². The first-order valence-corrected chi connectivity index (χ1v) is 4.26. The third-order valence-electron chi connectivity index (χ3n) is 2.72. The standard InChI is InChI=1S/C11H14/c1-11(2)8-7-10(11)9-5-3-4-6-9/h3-7,9H,8H2,1-2H3. The van der Waals surface area contributed by atoms with Crippen molar-refractivity contribution in [3.63, 3.8) is 0 Å². The number of hydrogen-bond acceptors (Lipinski definition) is 0. The monoisotopic (exact) mass is 146 g/mol. The van der Waals surface area contributed by atoms with E-state index in [0.29, 0.717) is 11.3 Å². The molecule has 0 unspecified atom stereocenters. The number of allylic oxidation sites excluding steroid dienone is 6. The zero-order valence-corrected chi connectivity index (χ0v) is 7.17. The molecule has 0 fully saturated rings. The number of hydrogen-bond donors (Lipinski definition) is 0. The van der Waals surface area contributed by atoms with Crippen LogP contribution in [-0.2, 0) is 0 Å². The van der Waals surface area contributed by atoms with E-state index in [2.05, 4.69) is 44.2 Å². The summed E-state index contributed by atoms with van der Waals surface area (Å²) in [5, 5.41) is 0. The Labute approximate surface area is 68.3 Å². The van der Waals surface area contributed by atoms with Gasteiger partial charge in [0.2, 0.25) is 0 Å². The van der Waals surface area contributed by atoms with Crippen LogP contribution < -0.4 is 0 Å². The van der Waals surface area contributed by atoms with E-state index in [0.717, 1.165) is 0 Å². The molecular formula is C11H14. The van der Waals surface area contributed by atoms with Gasteiger partial charge in [-0.25, -0.2) is 0 Å². The molecule has 0 aromatic carbocycles. The van der Waals surface area contributed by atoms with Crippen molar-refractivity contribution in [2.45, 2.75) is 20.3 Å². The molecule has 0 radical (unpaired) electrons. The topological polar surface area (TPSA) is 0 Å². The Balaban J connectivity index is 2.19. The molecular weight excluding hydrogens is 132 g/mol. The second-order valence-corrected chi connectivity index (χ2v) is 4.04. The Bertz CT molecular complexity index is 239. The Morgan fingerprint density at radius 2 is 1.91 bits per heavy atom. The lowest BCUT2D eigenvalue weighted by atomic mass is 9.67. The van der Waals surface area contributed by atoms with Gasteiger partial charge in [-0.15, -0.1) is 0 Å². The van der Waals surface area contributed by atoms with Crippen molar-refractivity contribution in [1.29, 1.82) is 0 Å². The van der Waals surface area contributed by atoms with Crippen LogP contribution in [0.15, 0.2) is 36.0 Å². The molecule has 0 aliphatic heterocycles. The Hall–Kier alpha value is -0.780. The van der Waals surface area contributed by atoms with Crippen LogP contribution in [0.3, 0.4) is 0 Å². The zero-order chi connectivity index (χ0) is 7.90. The van der Waals surface area contributed by atoms with Gasteiger partial charge in [-0.05, 0) is 11.8 Å². The predicted octanol–water partition coefficient (Wildman–Crippen LogP) is 3.08.